The van der Waals surface area contributed by atoms with E-state index in [1.807, 2.05) is 6.92 Å². The van der Waals surface area contributed by atoms with Crippen molar-refractivity contribution < 1.29 is 4.79 Å². The van der Waals surface area contributed by atoms with Crippen molar-refractivity contribution in [1.29, 1.82) is 0 Å². The van der Waals surface area contributed by atoms with Crippen LogP contribution in [0, 0.1) is 6.92 Å². The number of hydrogen-bond donors (Lipinski definition) is 1. The van der Waals surface area contributed by atoms with Crippen molar-refractivity contribution in [2.75, 3.05) is 11.9 Å². The van der Waals surface area contributed by atoms with E-state index in [2.05, 4.69) is 20.4 Å². The molecule has 1 N–H and O–H groups in total. The number of nitrogens with one attached hydrogen (secondary N) is 1. The Kier molecular flexibility index (Phi) is 4.82. The van der Waals surface area contributed by atoms with Crippen LogP contribution in [0.2, 0.25) is 0 Å². The van der Waals surface area contributed by atoms with Gasteiger partial charge in [0.15, 0.2) is 5.82 Å². The van der Waals surface area contributed by atoms with Crippen LogP contribution in [0.25, 0.3) is 0 Å². The van der Waals surface area contributed by atoms with Crippen LogP contribution >= 0.6 is 0 Å². The summed E-state index contributed by atoms with van der Waals surface area (Å²) in [4.78, 5) is 34.9. The van der Waals surface area contributed by atoms with Gasteiger partial charge in [0.25, 0.3) is 0 Å². The Morgan fingerprint density at radius 1 is 1.28 bits per heavy atom. The number of aromatic nitrogens is 5. The average Bonchev–Trinajstić information content (AvgIpc) is 2.72. The van der Waals surface area contributed by atoms with Crippen LogP contribution in [0.1, 0.15) is 30.9 Å². The van der Waals surface area contributed by atoms with Gasteiger partial charge in [-0.2, -0.15) is 5.10 Å². The van der Waals surface area contributed by atoms with Gasteiger partial charge in [-0.1, -0.05) is 0 Å². The minimum Gasteiger partial charge on any atom is -0.358 e. The van der Waals surface area contributed by atoms with E-state index in [-0.39, 0.29) is 17.6 Å². The smallest absolute Gasteiger partial charge is 0.345 e. The number of anilines is 1. The highest BCUT2D eigenvalue weighted by Gasteiger charge is 2.28. The molecule has 1 amide bonds. The number of likely N-dealkylation sites (tertiary alicyclic amines) is 1. The first-order valence-electron chi connectivity index (χ1n) is 8.39. The molecular formula is C16H23N7O2. The zero-order valence-corrected chi connectivity index (χ0v) is 14.8. The third kappa shape index (κ3) is 3.70. The fraction of sp³-hybridized carbons (Fsp3) is 0.562. The lowest BCUT2D eigenvalue weighted by atomic mass is 10.1. The Bertz CT molecular complexity index is 826. The van der Waals surface area contributed by atoms with Crippen LogP contribution in [0.3, 0.4) is 0 Å². The number of hydrogen-bond acceptors (Lipinski definition) is 6. The molecule has 1 unspecified atom stereocenters. The largest absolute Gasteiger partial charge is 0.358 e. The first-order chi connectivity index (χ1) is 12.0. The summed E-state index contributed by atoms with van der Waals surface area (Å²) in [5.74, 6) is 1.90. The van der Waals surface area contributed by atoms with Crippen molar-refractivity contribution in [3.8, 4) is 0 Å². The van der Waals surface area contributed by atoms with Crippen LogP contribution in [0.15, 0.2) is 17.1 Å². The third-order valence-electron chi connectivity index (χ3n) is 4.43. The zero-order chi connectivity index (χ0) is 18.0. The average molecular weight is 345 g/mol. The first-order valence-corrected chi connectivity index (χ1v) is 8.39. The molecule has 0 saturated carbocycles. The quantitative estimate of drug-likeness (QED) is 0.851. The van der Waals surface area contributed by atoms with Crippen molar-refractivity contribution >= 4 is 11.7 Å². The van der Waals surface area contributed by atoms with Gasteiger partial charge in [0.05, 0.1) is 6.54 Å². The molecule has 0 bridgehead atoms. The summed E-state index contributed by atoms with van der Waals surface area (Å²) in [6.45, 7) is 2.80. The van der Waals surface area contributed by atoms with Crippen LogP contribution in [0.4, 0.5) is 5.82 Å². The Morgan fingerprint density at radius 3 is 2.76 bits per heavy atom. The van der Waals surface area contributed by atoms with Crippen molar-refractivity contribution in [2.24, 2.45) is 14.1 Å². The minimum atomic E-state index is -0.336. The molecule has 0 aromatic carbocycles. The second-order valence-corrected chi connectivity index (χ2v) is 6.32. The molecule has 3 rings (SSSR count). The number of rotatable bonds is 4. The molecule has 0 radical (unpaired) electrons. The molecule has 2 aromatic heterocycles. The monoisotopic (exact) mass is 345 g/mol. The van der Waals surface area contributed by atoms with Gasteiger partial charge in [0, 0.05) is 26.8 Å². The van der Waals surface area contributed by atoms with E-state index in [0.29, 0.717) is 30.6 Å². The Labute approximate surface area is 145 Å². The van der Waals surface area contributed by atoms with E-state index in [1.165, 1.54) is 9.25 Å². The van der Waals surface area contributed by atoms with E-state index in [9.17, 15) is 9.59 Å². The lowest BCUT2D eigenvalue weighted by Crippen LogP contribution is -2.42. The van der Waals surface area contributed by atoms with Crippen molar-refractivity contribution in [2.45, 2.75) is 38.8 Å². The molecule has 3 heterocycles. The molecule has 1 fully saturated rings. The molecule has 9 nitrogen and oxygen atoms in total. The van der Waals surface area contributed by atoms with Gasteiger partial charge >= 0.3 is 5.69 Å². The summed E-state index contributed by atoms with van der Waals surface area (Å²) in [7, 11) is 3.28. The molecule has 1 saturated heterocycles. The molecule has 134 valence electrons. The van der Waals surface area contributed by atoms with Gasteiger partial charge in [-0.15, -0.1) is 0 Å². The summed E-state index contributed by atoms with van der Waals surface area (Å²) in [6.07, 6.45) is 4.30. The Balaban J connectivity index is 1.77. The van der Waals surface area contributed by atoms with Gasteiger partial charge < -0.3 is 10.2 Å². The van der Waals surface area contributed by atoms with Crippen LogP contribution < -0.4 is 11.0 Å². The van der Waals surface area contributed by atoms with Crippen LogP contribution in [-0.4, -0.2) is 47.7 Å². The lowest BCUT2D eigenvalue weighted by Gasteiger charge is -2.24. The van der Waals surface area contributed by atoms with Crippen LogP contribution in [-0.2, 0) is 25.4 Å². The van der Waals surface area contributed by atoms with Gasteiger partial charge in [-0.3, -0.25) is 9.36 Å². The molecule has 1 aliphatic rings. The second-order valence-electron chi connectivity index (χ2n) is 6.32. The number of carbonyl (C=O) groups excluding carboxylic acids is 1. The first kappa shape index (κ1) is 17.1. The standard InChI is InChI=1S/C16H23N7O2/c1-11-17-8-7-13(18-11)19-12-6-4-5-9-23(15(12)24)10-14-20-22(3)16(25)21(14)2/h7-8,12H,4-6,9-10H2,1-3H3,(H,17,18,19). The third-order valence-corrected chi connectivity index (χ3v) is 4.43. The Morgan fingerprint density at radius 2 is 2.08 bits per heavy atom. The second kappa shape index (κ2) is 7.04. The van der Waals surface area contributed by atoms with E-state index in [4.69, 9.17) is 0 Å². The minimum absolute atomic E-state index is 0.00636. The number of carbonyl (C=O) groups is 1. The van der Waals surface area contributed by atoms with Crippen LogP contribution in [0.5, 0.6) is 0 Å². The topological polar surface area (TPSA) is 97.9 Å². The molecular weight excluding hydrogens is 322 g/mol. The van der Waals surface area contributed by atoms with E-state index < -0.39 is 0 Å². The number of amides is 1. The number of aryl methyl sites for hydroxylation is 2. The predicted molar refractivity (Wildman–Crippen MR) is 91.9 cm³/mol. The van der Waals surface area contributed by atoms with E-state index >= 15 is 0 Å². The zero-order valence-electron chi connectivity index (χ0n) is 14.8. The molecule has 1 aliphatic heterocycles. The number of nitrogens with zero attached hydrogens (tertiary/aromatic N) is 6. The van der Waals surface area contributed by atoms with Gasteiger partial charge in [-0.05, 0) is 32.3 Å². The Hall–Kier alpha value is -2.71. The highest BCUT2D eigenvalue weighted by atomic mass is 16.2. The highest BCUT2D eigenvalue weighted by molar-refractivity contribution is 5.84. The van der Waals surface area contributed by atoms with E-state index in [1.54, 1.807) is 31.3 Å². The maximum Gasteiger partial charge on any atom is 0.345 e. The van der Waals surface area contributed by atoms with Gasteiger partial charge in [0.1, 0.15) is 17.7 Å². The molecule has 25 heavy (non-hydrogen) atoms. The van der Waals surface area contributed by atoms with Crippen molar-refractivity contribution in [3.05, 3.63) is 34.4 Å². The lowest BCUT2D eigenvalue weighted by molar-refractivity contribution is -0.132. The summed E-state index contributed by atoms with van der Waals surface area (Å²) in [6, 6.07) is 1.43. The van der Waals surface area contributed by atoms with Gasteiger partial charge in [0.2, 0.25) is 5.91 Å². The maximum atomic E-state index is 12.9. The summed E-state index contributed by atoms with van der Waals surface area (Å²) in [5, 5.41) is 7.44. The molecule has 0 spiro atoms. The van der Waals surface area contributed by atoms with Crippen molar-refractivity contribution in [1.82, 2.24) is 29.2 Å². The summed E-state index contributed by atoms with van der Waals surface area (Å²) < 4.78 is 2.77. The van der Waals surface area contributed by atoms with E-state index in [0.717, 1.165) is 19.3 Å². The molecule has 0 aliphatic carbocycles. The molecule has 2 aromatic rings. The molecule has 1 atom stereocenters. The SMILES string of the molecule is Cc1nccc(NC2CCCCN(Cc3nn(C)c(=O)n3C)C2=O)n1. The highest BCUT2D eigenvalue weighted by Crippen LogP contribution is 2.17. The normalized spacial score (nSPS) is 18.3. The summed E-state index contributed by atoms with van der Waals surface area (Å²) >= 11 is 0. The van der Waals surface area contributed by atoms with Gasteiger partial charge in [-0.25, -0.2) is 19.4 Å². The fourth-order valence-electron chi connectivity index (χ4n) is 3.03. The predicted octanol–water partition coefficient (Wildman–Crippen LogP) is 0.210. The summed E-state index contributed by atoms with van der Waals surface area (Å²) in [5.41, 5.74) is -0.191. The van der Waals surface area contributed by atoms with Crippen molar-refractivity contribution in [3.63, 3.8) is 0 Å². The maximum absolute atomic E-state index is 12.9. The fourth-order valence-corrected chi connectivity index (χ4v) is 3.03. The molecule has 9 heteroatoms.